The van der Waals surface area contributed by atoms with E-state index in [2.05, 4.69) is 15.9 Å². The Labute approximate surface area is 127 Å². The lowest BCUT2D eigenvalue weighted by Crippen LogP contribution is -2.32. The number of hydrogen-bond donors (Lipinski definition) is 2. The van der Waals surface area contributed by atoms with Crippen molar-refractivity contribution in [1.29, 1.82) is 0 Å². The van der Waals surface area contributed by atoms with Crippen molar-refractivity contribution in [1.82, 2.24) is 0 Å². The molecule has 1 aromatic rings. The van der Waals surface area contributed by atoms with Crippen molar-refractivity contribution in [3.05, 3.63) is 33.3 Å². The highest BCUT2D eigenvalue weighted by molar-refractivity contribution is 9.10. The molecular weight excluding hydrogens is 337 g/mol. The molecule has 0 radical (unpaired) electrons. The molecule has 0 aliphatic heterocycles. The third kappa shape index (κ3) is 3.61. The van der Waals surface area contributed by atoms with Crippen LogP contribution in [-0.2, 0) is 0 Å². The van der Waals surface area contributed by atoms with Crippen molar-refractivity contribution in [3.8, 4) is 0 Å². The van der Waals surface area contributed by atoms with Gasteiger partial charge in [0, 0.05) is 9.50 Å². The van der Waals surface area contributed by atoms with E-state index in [4.69, 9.17) is 17.3 Å². The highest BCUT2D eigenvalue weighted by atomic mass is 79.9. The highest BCUT2D eigenvalue weighted by Crippen LogP contribution is 2.35. The fraction of sp³-hybridized carbons (Fsp3) is 0.538. The van der Waals surface area contributed by atoms with Crippen LogP contribution in [-0.4, -0.2) is 11.2 Å². The van der Waals surface area contributed by atoms with Crippen LogP contribution < -0.4 is 5.73 Å². The molecule has 3 N–H and O–H groups in total. The van der Waals surface area contributed by atoms with Gasteiger partial charge in [0.2, 0.25) is 0 Å². The second-order valence-electron chi connectivity index (χ2n) is 4.73. The first-order chi connectivity index (χ1) is 8.09. The number of aliphatic hydroxyl groups excluding tert-OH is 1. The first-order valence-electron chi connectivity index (χ1n) is 5.98. The van der Waals surface area contributed by atoms with E-state index in [9.17, 15) is 5.11 Å². The van der Waals surface area contributed by atoms with Crippen LogP contribution in [0.3, 0.4) is 0 Å². The van der Waals surface area contributed by atoms with Crippen LogP contribution in [0.1, 0.15) is 37.3 Å². The maximum atomic E-state index is 10.3. The van der Waals surface area contributed by atoms with Crippen LogP contribution in [0, 0.1) is 5.92 Å². The summed E-state index contributed by atoms with van der Waals surface area (Å²) in [5.74, 6) is 0.340. The number of halogens is 3. The number of hydrogen-bond acceptors (Lipinski definition) is 2. The summed E-state index contributed by atoms with van der Waals surface area (Å²) in [5, 5.41) is 11.0. The number of benzene rings is 1. The Morgan fingerprint density at radius 2 is 1.94 bits per heavy atom. The van der Waals surface area contributed by atoms with Crippen LogP contribution in [0.15, 0.2) is 22.7 Å². The van der Waals surface area contributed by atoms with Crippen molar-refractivity contribution in [2.45, 2.75) is 37.8 Å². The van der Waals surface area contributed by atoms with E-state index in [0.717, 1.165) is 22.9 Å². The third-order valence-electron chi connectivity index (χ3n) is 3.57. The van der Waals surface area contributed by atoms with Crippen LogP contribution >= 0.6 is 39.9 Å². The second kappa shape index (κ2) is 7.11. The summed E-state index contributed by atoms with van der Waals surface area (Å²) in [5.41, 5.74) is 7.07. The summed E-state index contributed by atoms with van der Waals surface area (Å²) >= 11 is 9.34. The Morgan fingerprint density at radius 3 is 2.50 bits per heavy atom. The molecule has 5 heteroatoms. The van der Waals surface area contributed by atoms with Crippen LogP contribution in [0.2, 0.25) is 5.02 Å². The Bertz CT molecular complexity index is 397. The molecule has 0 spiro atoms. The second-order valence-corrected chi connectivity index (χ2v) is 6.02. The van der Waals surface area contributed by atoms with E-state index in [-0.39, 0.29) is 18.4 Å². The summed E-state index contributed by atoms with van der Waals surface area (Å²) in [6.45, 7) is 0. The van der Waals surface area contributed by atoms with Gasteiger partial charge in [0.25, 0.3) is 0 Å². The first kappa shape index (κ1) is 16.3. The lowest BCUT2D eigenvalue weighted by Gasteiger charge is -2.25. The highest BCUT2D eigenvalue weighted by Gasteiger charge is 2.29. The average Bonchev–Trinajstić information content (AvgIpc) is 2.80. The fourth-order valence-electron chi connectivity index (χ4n) is 2.55. The summed E-state index contributed by atoms with van der Waals surface area (Å²) in [6.07, 6.45) is 4.11. The quantitative estimate of drug-likeness (QED) is 0.859. The molecule has 0 bridgehead atoms. The molecule has 2 atom stereocenters. The molecule has 1 fully saturated rings. The first-order valence-corrected chi connectivity index (χ1v) is 7.15. The zero-order valence-electron chi connectivity index (χ0n) is 9.98. The molecule has 2 rings (SSSR count). The lowest BCUT2D eigenvalue weighted by atomic mass is 9.91. The van der Waals surface area contributed by atoms with Gasteiger partial charge < -0.3 is 10.8 Å². The molecule has 2 nitrogen and oxygen atoms in total. The molecule has 0 heterocycles. The number of nitrogens with two attached hydrogens (primary N) is 1. The van der Waals surface area contributed by atoms with Gasteiger partial charge in [-0.25, -0.2) is 0 Å². The molecule has 1 saturated carbocycles. The van der Waals surface area contributed by atoms with Gasteiger partial charge in [-0.05, 0) is 36.5 Å². The smallest absolute Gasteiger partial charge is 0.0761 e. The Morgan fingerprint density at radius 1 is 1.33 bits per heavy atom. The van der Waals surface area contributed by atoms with E-state index in [1.807, 2.05) is 18.2 Å². The van der Waals surface area contributed by atoms with Gasteiger partial charge in [-0.2, -0.15) is 0 Å². The lowest BCUT2D eigenvalue weighted by molar-refractivity contribution is 0.0843. The molecule has 0 unspecified atom stereocenters. The van der Waals surface area contributed by atoms with Gasteiger partial charge in [-0.3, -0.25) is 0 Å². The maximum absolute atomic E-state index is 10.3. The average molecular weight is 355 g/mol. The minimum Gasteiger partial charge on any atom is -0.391 e. The summed E-state index contributed by atoms with van der Waals surface area (Å²) in [6, 6.07) is 5.17. The molecule has 18 heavy (non-hydrogen) atoms. The van der Waals surface area contributed by atoms with Gasteiger partial charge in [0.05, 0.1) is 12.1 Å². The van der Waals surface area contributed by atoms with Gasteiger partial charge in [0.1, 0.15) is 0 Å². The predicted octanol–water partition coefficient (Wildman–Crippen LogP) is 4.08. The van der Waals surface area contributed by atoms with Crippen molar-refractivity contribution in [3.63, 3.8) is 0 Å². The summed E-state index contributed by atoms with van der Waals surface area (Å²) < 4.78 is 0.870. The van der Waals surface area contributed by atoms with Gasteiger partial charge >= 0.3 is 0 Å². The minimum atomic E-state index is -0.463. The number of rotatable bonds is 3. The Kier molecular flexibility index (Phi) is 6.42. The van der Waals surface area contributed by atoms with Crippen LogP contribution in [0.4, 0.5) is 0 Å². The SMILES string of the molecule is Cl.N[C@@H](c1ccc(Cl)cc1Br)[C@H](O)C1CCCC1. The van der Waals surface area contributed by atoms with Gasteiger partial charge in [0.15, 0.2) is 0 Å². The third-order valence-corrected chi connectivity index (χ3v) is 4.49. The van der Waals surface area contributed by atoms with Crippen molar-refractivity contribution in [2.75, 3.05) is 0 Å². The minimum absolute atomic E-state index is 0. The van der Waals surface area contributed by atoms with E-state index >= 15 is 0 Å². The number of aliphatic hydroxyl groups is 1. The molecule has 1 aliphatic carbocycles. The molecule has 1 aromatic carbocycles. The topological polar surface area (TPSA) is 46.2 Å². The van der Waals surface area contributed by atoms with Crippen molar-refractivity contribution in [2.24, 2.45) is 11.7 Å². The van der Waals surface area contributed by atoms with Gasteiger partial charge in [-0.15, -0.1) is 12.4 Å². The van der Waals surface area contributed by atoms with E-state index < -0.39 is 6.10 Å². The van der Waals surface area contributed by atoms with Crippen LogP contribution in [0.25, 0.3) is 0 Å². The Balaban J connectivity index is 0.00000162. The molecule has 0 amide bonds. The molecular formula is C13H18BrCl2NO. The zero-order chi connectivity index (χ0) is 12.4. The molecule has 0 saturated heterocycles. The van der Waals surface area contributed by atoms with Crippen molar-refractivity contribution >= 4 is 39.9 Å². The summed E-state index contributed by atoms with van der Waals surface area (Å²) in [7, 11) is 0. The molecule has 0 aromatic heterocycles. The predicted molar refractivity (Wildman–Crippen MR) is 81.3 cm³/mol. The molecule has 102 valence electrons. The monoisotopic (exact) mass is 353 g/mol. The van der Waals surface area contributed by atoms with E-state index in [0.29, 0.717) is 10.9 Å². The van der Waals surface area contributed by atoms with E-state index in [1.165, 1.54) is 12.8 Å². The standard InChI is InChI=1S/C13H17BrClNO.ClH/c14-11-7-9(15)5-6-10(11)12(16)13(17)8-3-1-2-4-8;/h5-8,12-13,17H,1-4,16H2;1H/t12-,13+;/m0./s1. The zero-order valence-corrected chi connectivity index (χ0v) is 13.1. The van der Waals surface area contributed by atoms with Gasteiger partial charge in [-0.1, -0.05) is 46.4 Å². The normalized spacial score (nSPS) is 19.3. The molecule has 1 aliphatic rings. The fourth-order valence-corrected chi connectivity index (χ4v) is 3.49. The van der Waals surface area contributed by atoms with Crippen LogP contribution in [0.5, 0.6) is 0 Å². The van der Waals surface area contributed by atoms with Crippen molar-refractivity contribution < 1.29 is 5.11 Å². The largest absolute Gasteiger partial charge is 0.391 e. The maximum Gasteiger partial charge on any atom is 0.0761 e. The van der Waals surface area contributed by atoms with E-state index in [1.54, 1.807) is 0 Å². The Hall–Kier alpha value is 0.200. The summed E-state index contributed by atoms with van der Waals surface area (Å²) in [4.78, 5) is 0.